The van der Waals surface area contributed by atoms with Crippen LogP contribution in [0.15, 0.2) is 24.3 Å². The predicted octanol–water partition coefficient (Wildman–Crippen LogP) is 2.65. The van der Waals surface area contributed by atoms with Gasteiger partial charge in [0.15, 0.2) is 0 Å². The summed E-state index contributed by atoms with van der Waals surface area (Å²) in [6.07, 6.45) is 3.28. The van der Waals surface area contributed by atoms with Crippen molar-refractivity contribution in [3.05, 3.63) is 34.9 Å². The lowest BCUT2D eigenvalue weighted by Gasteiger charge is -2.20. The smallest absolute Gasteiger partial charge is 0.230 e. The first-order chi connectivity index (χ1) is 9.08. The number of aliphatic hydroxyl groups is 1. The molecule has 2 N–H and O–H groups in total. The first-order valence-electron chi connectivity index (χ1n) is 6.76. The summed E-state index contributed by atoms with van der Waals surface area (Å²) in [5.41, 5.74) is 0.630. The molecule has 1 saturated carbocycles. The van der Waals surface area contributed by atoms with Crippen molar-refractivity contribution in [2.45, 2.75) is 44.1 Å². The average Bonchev–Trinajstić information content (AvgIpc) is 3.18. The van der Waals surface area contributed by atoms with Crippen LogP contribution in [-0.4, -0.2) is 23.7 Å². The topological polar surface area (TPSA) is 49.3 Å². The molecule has 4 heteroatoms. The van der Waals surface area contributed by atoms with Crippen molar-refractivity contribution in [3.8, 4) is 0 Å². The number of aliphatic hydroxyl groups excluding tert-OH is 1. The molecule has 1 aromatic carbocycles. The quantitative estimate of drug-likeness (QED) is 0.842. The van der Waals surface area contributed by atoms with E-state index in [1.165, 1.54) is 0 Å². The van der Waals surface area contributed by atoms with Crippen molar-refractivity contribution >= 4 is 17.5 Å². The fraction of sp³-hybridized carbons (Fsp3) is 0.533. The number of nitrogens with one attached hydrogen (secondary N) is 1. The van der Waals surface area contributed by atoms with E-state index in [2.05, 4.69) is 5.32 Å². The van der Waals surface area contributed by atoms with E-state index in [1.807, 2.05) is 31.2 Å². The molecular weight excluding hydrogens is 262 g/mol. The second-order valence-corrected chi connectivity index (χ2v) is 5.77. The third kappa shape index (κ3) is 3.28. The van der Waals surface area contributed by atoms with Crippen molar-refractivity contribution in [3.63, 3.8) is 0 Å². The van der Waals surface area contributed by atoms with Crippen molar-refractivity contribution in [1.29, 1.82) is 0 Å². The van der Waals surface area contributed by atoms with Gasteiger partial charge < -0.3 is 10.4 Å². The van der Waals surface area contributed by atoms with E-state index in [0.29, 0.717) is 11.4 Å². The van der Waals surface area contributed by atoms with Crippen LogP contribution in [0.25, 0.3) is 0 Å². The Morgan fingerprint density at radius 2 is 2.26 bits per heavy atom. The highest BCUT2D eigenvalue weighted by atomic mass is 35.5. The molecule has 1 fully saturated rings. The fourth-order valence-electron chi connectivity index (χ4n) is 2.39. The van der Waals surface area contributed by atoms with Gasteiger partial charge in [-0.1, -0.05) is 23.7 Å². The van der Waals surface area contributed by atoms with Crippen molar-refractivity contribution in [1.82, 2.24) is 5.32 Å². The molecule has 1 unspecified atom stereocenters. The van der Waals surface area contributed by atoms with E-state index < -0.39 is 0 Å². The van der Waals surface area contributed by atoms with E-state index in [1.54, 1.807) is 0 Å². The van der Waals surface area contributed by atoms with Crippen LogP contribution in [0.5, 0.6) is 0 Å². The Morgan fingerprint density at radius 3 is 2.84 bits per heavy atom. The predicted molar refractivity (Wildman–Crippen MR) is 76.3 cm³/mol. The zero-order valence-corrected chi connectivity index (χ0v) is 11.9. The Hall–Kier alpha value is -1.06. The standard InChI is InChI=1S/C15H20ClNO2/c1-11(4-3-9-18)17-14(19)15(7-8-15)12-5-2-6-13(16)10-12/h2,5-6,10-11,18H,3-4,7-9H2,1H3,(H,17,19). The lowest BCUT2D eigenvalue weighted by molar-refractivity contribution is -0.124. The summed E-state index contributed by atoms with van der Waals surface area (Å²) in [6, 6.07) is 7.66. The van der Waals surface area contributed by atoms with Crippen LogP contribution in [0, 0.1) is 0 Å². The summed E-state index contributed by atoms with van der Waals surface area (Å²) in [5, 5.41) is 12.5. The third-order valence-electron chi connectivity index (χ3n) is 3.73. The van der Waals surface area contributed by atoms with Crippen LogP contribution in [0.1, 0.15) is 38.2 Å². The van der Waals surface area contributed by atoms with Gasteiger partial charge in [-0.25, -0.2) is 0 Å². The molecule has 1 amide bonds. The molecule has 0 aliphatic heterocycles. The van der Waals surface area contributed by atoms with E-state index in [-0.39, 0.29) is 24.0 Å². The average molecular weight is 282 g/mol. The van der Waals surface area contributed by atoms with Crippen LogP contribution in [0.2, 0.25) is 5.02 Å². The van der Waals surface area contributed by atoms with Crippen LogP contribution >= 0.6 is 11.6 Å². The molecule has 1 aliphatic rings. The van der Waals surface area contributed by atoms with Gasteiger partial charge in [-0.15, -0.1) is 0 Å². The number of carbonyl (C=O) groups excluding carboxylic acids is 1. The van der Waals surface area contributed by atoms with Crippen molar-refractivity contribution in [2.24, 2.45) is 0 Å². The van der Waals surface area contributed by atoms with Crippen LogP contribution in [0.3, 0.4) is 0 Å². The summed E-state index contributed by atoms with van der Waals surface area (Å²) in [7, 11) is 0. The summed E-state index contributed by atoms with van der Waals surface area (Å²) in [5.74, 6) is 0.0835. The molecule has 104 valence electrons. The van der Waals surface area contributed by atoms with Crippen LogP contribution in [0.4, 0.5) is 0 Å². The van der Waals surface area contributed by atoms with E-state index in [0.717, 1.165) is 24.8 Å². The molecule has 0 heterocycles. The van der Waals surface area contributed by atoms with Crippen LogP contribution in [-0.2, 0) is 10.2 Å². The largest absolute Gasteiger partial charge is 0.396 e. The maximum atomic E-state index is 12.4. The van der Waals surface area contributed by atoms with Gasteiger partial charge in [0.25, 0.3) is 0 Å². The Kier molecular flexibility index (Phi) is 4.48. The molecule has 0 saturated heterocycles. The third-order valence-corrected chi connectivity index (χ3v) is 3.97. The first-order valence-corrected chi connectivity index (χ1v) is 7.14. The molecular formula is C15H20ClNO2. The first kappa shape index (κ1) is 14.4. The summed E-state index contributed by atoms with van der Waals surface area (Å²) >= 11 is 6.00. The highest BCUT2D eigenvalue weighted by Gasteiger charge is 2.51. The number of hydrogen-bond donors (Lipinski definition) is 2. The molecule has 0 bridgehead atoms. The number of benzene rings is 1. The van der Waals surface area contributed by atoms with Gasteiger partial charge in [-0.2, -0.15) is 0 Å². The Labute approximate surface area is 119 Å². The van der Waals surface area contributed by atoms with Gasteiger partial charge in [-0.05, 0) is 50.3 Å². The normalized spacial score (nSPS) is 17.8. The lowest BCUT2D eigenvalue weighted by atomic mass is 9.94. The summed E-state index contributed by atoms with van der Waals surface area (Å²) in [4.78, 5) is 12.4. The number of rotatable bonds is 6. The minimum absolute atomic E-state index is 0.0835. The van der Waals surface area contributed by atoms with Gasteiger partial charge in [0.2, 0.25) is 5.91 Å². The Balaban J connectivity index is 2.02. The highest BCUT2D eigenvalue weighted by molar-refractivity contribution is 6.30. The van der Waals surface area contributed by atoms with Gasteiger partial charge in [-0.3, -0.25) is 4.79 Å². The molecule has 1 atom stereocenters. The molecule has 0 spiro atoms. The zero-order valence-electron chi connectivity index (χ0n) is 11.2. The fourth-order valence-corrected chi connectivity index (χ4v) is 2.58. The van der Waals surface area contributed by atoms with Gasteiger partial charge in [0.05, 0.1) is 5.41 Å². The van der Waals surface area contributed by atoms with Gasteiger partial charge in [0, 0.05) is 17.7 Å². The van der Waals surface area contributed by atoms with Crippen molar-refractivity contribution in [2.75, 3.05) is 6.61 Å². The minimum atomic E-state index is -0.377. The second kappa shape index (κ2) is 5.93. The molecule has 1 aromatic rings. The Morgan fingerprint density at radius 1 is 1.53 bits per heavy atom. The van der Waals surface area contributed by atoms with Crippen molar-refractivity contribution < 1.29 is 9.90 Å². The lowest BCUT2D eigenvalue weighted by Crippen LogP contribution is -2.40. The Bertz CT molecular complexity index is 457. The molecule has 19 heavy (non-hydrogen) atoms. The molecule has 0 aromatic heterocycles. The monoisotopic (exact) mass is 281 g/mol. The van der Waals surface area contributed by atoms with E-state index >= 15 is 0 Å². The van der Waals surface area contributed by atoms with Crippen LogP contribution < -0.4 is 5.32 Å². The highest BCUT2D eigenvalue weighted by Crippen LogP contribution is 2.48. The van der Waals surface area contributed by atoms with E-state index in [9.17, 15) is 4.79 Å². The molecule has 3 nitrogen and oxygen atoms in total. The number of halogens is 1. The number of amides is 1. The molecule has 2 rings (SSSR count). The number of carbonyl (C=O) groups is 1. The molecule has 1 aliphatic carbocycles. The van der Waals surface area contributed by atoms with Gasteiger partial charge >= 0.3 is 0 Å². The summed E-state index contributed by atoms with van der Waals surface area (Å²) in [6.45, 7) is 2.14. The minimum Gasteiger partial charge on any atom is -0.396 e. The van der Waals surface area contributed by atoms with E-state index in [4.69, 9.17) is 16.7 Å². The number of hydrogen-bond acceptors (Lipinski definition) is 2. The summed E-state index contributed by atoms with van der Waals surface area (Å²) < 4.78 is 0. The van der Waals surface area contributed by atoms with Gasteiger partial charge in [0.1, 0.15) is 0 Å². The molecule has 0 radical (unpaired) electrons. The zero-order chi connectivity index (χ0) is 13.9. The maximum Gasteiger partial charge on any atom is 0.230 e. The SMILES string of the molecule is CC(CCCO)NC(=O)C1(c2cccc(Cl)c2)CC1. The maximum absolute atomic E-state index is 12.4. The second-order valence-electron chi connectivity index (χ2n) is 5.33.